The maximum Gasteiger partial charge on any atom is 0.223 e. The number of anilines is 3. The molecule has 166 valence electrons. The number of aromatic nitrogens is 2. The average Bonchev–Trinajstić information content (AvgIpc) is 2.86. The molecule has 0 aliphatic carbocycles. The summed E-state index contributed by atoms with van der Waals surface area (Å²) < 4.78 is 5.18. The fraction of sp³-hybridized carbons (Fsp3) is 0.320. The van der Waals surface area contributed by atoms with Crippen molar-refractivity contribution in [2.45, 2.75) is 19.3 Å². The molecule has 32 heavy (non-hydrogen) atoms. The summed E-state index contributed by atoms with van der Waals surface area (Å²) in [7, 11) is 1.66. The Kier molecular flexibility index (Phi) is 7.17. The molecule has 0 saturated carbocycles. The monoisotopic (exact) mass is 431 g/mol. The van der Waals surface area contributed by atoms with Crippen LogP contribution in [-0.2, 0) is 11.2 Å². The van der Waals surface area contributed by atoms with Crippen LogP contribution in [0.4, 0.5) is 17.3 Å². The number of hydrogen-bond acceptors (Lipinski definition) is 6. The summed E-state index contributed by atoms with van der Waals surface area (Å²) in [6.45, 7) is 2.25. The number of piperidine rings is 1. The van der Waals surface area contributed by atoms with Gasteiger partial charge < -0.3 is 20.3 Å². The van der Waals surface area contributed by atoms with E-state index in [1.807, 2.05) is 66.7 Å². The molecule has 0 unspecified atom stereocenters. The van der Waals surface area contributed by atoms with Crippen molar-refractivity contribution in [2.75, 3.05) is 37.0 Å². The minimum atomic E-state index is 0.0501. The standard InChI is InChI=1S/C25H29N5O2/c1-32-22-9-7-19(8-10-22)13-16-26-25(31)20-14-17-30(18-15-20)24-12-11-23(28-29-24)27-21-5-3-2-4-6-21/h2-12,20H,13-18H2,1H3,(H,26,31)(H,27,28). The van der Waals surface area contributed by atoms with Crippen LogP contribution in [-0.4, -0.2) is 42.8 Å². The predicted octanol–water partition coefficient (Wildman–Crippen LogP) is 3.80. The van der Waals surface area contributed by atoms with Crippen molar-refractivity contribution in [1.82, 2.24) is 15.5 Å². The second kappa shape index (κ2) is 10.6. The van der Waals surface area contributed by atoms with E-state index in [-0.39, 0.29) is 11.8 Å². The van der Waals surface area contributed by atoms with Crippen LogP contribution in [0.25, 0.3) is 0 Å². The van der Waals surface area contributed by atoms with Gasteiger partial charge in [0.05, 0.1) is 7.11 Å². The van der Waals surface area contributed by atoms with Crippen molar-refractivity contribution in [1.29, 1.82) is 0 Å². The van der Waals surface area contributed by atoms with Gasteiger partial charge in [-0.2, -0.15) is 0 Å². The van der Waals surface area contributed by atoms with E-state index < -0.39 is 0 Å². The van der Waals surface area contributed by atoms with Crippen LogP contribution in [0, 0.1) is 5.92 Å². The van der Waals surface area contributed by atoms with Gasteiger partial charge in [0.15, 0.2) is 11.6 Å². The molecule has 0 radical (unpaired) electrons. The Morgan fingerprint density at radius 1 is 1.00 bits per heavy atom. The molecule has 3 aromatic rings. The van der Waals surface area contributed by atoms with Gasteiger partial charge in [-0.25, -0.2) is 0 Å². The Bertz CT molecular complexity index is 985. The number of carbonyl (C=O) groups excluding carboxylic acids is 1. The smallest absolute Gasteiger partial charge is 0.223 e. The van der Waals surface area contributed by atoms with E-state index in [0.29, 0.717) is 12.4 Å². The van der Waals surface area contributed by atoms with Crippen LogP contribution in [0.2, 0.25) is 0 Å². The summed E-state index contributed by atoms with van der Waals surface area (Å²) in [6.07, 6.45) is 2.45. The summed E-state index contributed by atoms with van der Waals surface area (Å²) in [5, 5.41) is 15.0. The Balaban J connectivity index is 1.20. The number of rotatable bonds is 8. The predicted molar refractivity (Wildman–Crippen MR) is 126 cm³/mol. The van der Waals surface area contributed by atoms with Crippen LogP contribution in [0.1, 0.15) is 18.4 Å². The van der Waals surface area contributed by atoms with E-state index in [2.05, 4.69) is 25.7 Å². The molecule has 1 aromatic heterocycles. The van der Waals surface area contributed by atoms with E-state index in [9.17, 15) is 4.79 Å². The van der Waals surface area contributed by atoms with E-state index in [4.69, 9.17) is 4.74 Å². The Morgan fingerprint density at radius 3 is 2.41 bits per heavy atom. The van der Waals surface area contributed by atoms with Gasteiger partial charge in [0.2, 0.25) is 5.91 Å². The van der Waals surface area contributed by atoms with Crippen LogP contribution in [0.5, 0.6) is 5.75 Å². The number of amides is 1. The van der Waals surface area contributed by atoms with Crippen LogP contribution >= 0.6 is 0 Å². The number of benzene rings is 2. The molecule has 7 heteroatoms. The average molecular weight is 432 g/mol. The lowest BCUT2D eigenvalue weighted by molar-refractivity contribution is -0.125. The first kappa shape index (κ1) is 21.6. The fourth-order valence-corrected chi connectivity index (χ4v) is 3.87. The number of ether oxygens (including phenoxy) is 1. The van der Waals surface area contributed by atoms with Crippen molar-refractivity contribution in [3.05, 3.63) is 72.3 Å². The number of hydrogen-bond donors (Lipinski definition) is 2. The van der Waals surface area contributed by atoms with E-state index in [1.165, 1.54) is 5.56 Å². The molecular formula is C25H29N5O2. The molecule has 0 bridgehead atoms. The van der Waals surface area contributed by atoms with Crippen molar-refractivity contribution >= 4 is 23.2 Å². The quantitative estimate of drug-likeness (QED) is 0.565. The second-order valence-electron chi connectivity index (χ2n) is 7.92. The number of carbonyl (C=O) groups is 1. The van der Waals surface area contributed by atoms with Gasteiger partial charge in [-0.3, -0.25) is 4.79 Å². The van der Waals surface area contributed by atoms with Gasteiger partial charge in [0.1, 0.15) is 5.75 Å². The van der Waals surface area contributed by atoms with E-state index in [0.717, 1.165) is 49.6 Å². The largest absolute Gasteiger partial charge is 0.497 e. The lowest BCUT2D eigenvalue weighted by atomic mass is 9.96. The highest BCUT2D eigenvalue weighted by Gasteiger charge is 2.25. The summed E-state index contributed by atoms with van der Waals surface area (Å²) in [6, 6.07) is 21.8. The molecule has 2 N–H and O–H groups in total. The summed E-state index contributed by atoms with van der Waals surface area (Å²) in [5.41, 5.74) is 2.16. The molecule has 1 aliphatic rings. The first-order chi connectivity index (χ1) is 15.7. The fourth-order valence-electron chi connectivity index (χ4n) is 3.87. The van der Waals surface area contributed by atoms with Gasteiger partial charge in [-0.15, -0.1) is 10.2 Å². The molecule has 2 aromatic carbocycles. The maximum atomic E-state index is 12.6. The molecule has 1 saturated heterocycles. The molecule has 4 rings (SSSR count). The Hall–Kier alpha value is -3.61. The normalized spacial score (nSPS) is 14.1. The highest BCUT2D eigenvalue weighted by atomic mass is 16.5. The number of para-hydroxylation sites is 1. The van der Waals surface area contributed by atoms with Gasteiger partial charge in [0, 0.05) is 31.2 Å². The third-order valence-electron chi connectivity index (χ3n) is 5.76. The van der Waals surface area contributed by atoms with Crippen LogP contribution in [0.15, 0.2) is 66.7 Å². The van der Waals surface area contributed by atoms with E-state index >= 15 is 0 Å². The SMILES string of the molecule is COc1ccc(CCNC(=O)C2CCN(c3ccc(Nc4ccccc4)nn3)CC2)cc1. The van der Waals surface area contributed by atoms with Gasteiger partial charge >= 0.3 is 0 Å². The molecule has 0 spiro atoms. The number of methoxy groups -OCH3 is 1. The molecule has 7 nitrogen and oxygen atoms in total. The zero-order valence-electron chi connectivity index (χ0n) is 18.3. The van der Waals surface area contributed by atoms with Crippen molar-refractivity contribution in [3.8, 4) is 5.75 Å². The van der Waals surface area contributed by atoms with Gasteiger partial charge in [-0.05, 0) is 61.2 Å². The molecule has 1 fully saturated rings. The molecule has 2 heterocycles. The summed E-state index contributed by atoms with van der Waals surface area (Å²) in [5.74, 6) is 2.60. The Morgan fingerprint density at radius 2 is 1.75 bits per heavy atom. The van der Waals surface area contributed by atoms with Crippen LogP contribution in [0.3, 0.4) is 0 Å². The second-order valence-corrected chi connectivity index (χ2v) is 7.92. The van der Waals surface area contributed by atoms with Gasteiger partial charge in [0.25, 0.3) is 0 Å². The zero-order valence-corrected chi connectivity index (χ0v) is 18.3. The zero-order chi connectivity index (χ0) is 22.2. The minimum absolute atomic E-state index is 0.0501. The topological polar surface area (TPSA) is 79.4 Å². The summed E-state index contributed by atoms with van der Waals surface area (Å²) >= 11 is 0. The molecule has 0 atom stereocenters. The lowest BCUT2D eigenvalue weighted by Gasteiger charge is -2.31. The van der Waals surface area contributed by atoms with Crippen LogP contribution < -0.4 is 20.3 Å². The third kappa shape index (κ3) is 5.75. The number of nitrogens with zero attached hydrogens (tertiary/aromatic N) is 3. The van der Waals surface area contributed by atoms with E-state index in [1.54, 1.807) is 7.11 Å². The minimum Gasteiger partial charge on any atom is -0.497 e. The molecule has 1 aliphatic heterocycles. The Labute approximate surface area is 188 Å². The van der Waals surface area contributed by atoms with Crippen molar-refractivity contribution in [3.63, 3.8) is 0 Å². The number of nitrogens with one attached hydrogen (secondary N) is 2. The van der Waals surface area contributed by atoms with Crippen molar-refractivity contribution < 1.29 is 9.53 Å². The van der Waals surface area contributed by atoms with Gasteiger partial charge in [-0.1, -0.05) is 30.3 Å². The molecular weight excluding hydrogens is 402 g/mol. The highest BCUT2D eigenvalue weighted by Crippen LogP contribution is 2.23. The van der Waals surface area contributed by atoms with Crippen molar-refractivity contribution in [2.24, 2.45) is 5.92 Å². The first-order valence-corrected chi connectivity index (χ1v) is 11.0. The maximum absolute atomic E-state index is 12.6. The third-order valence-corrected chi connectivity index (χ3v) is 5.76. The summed E-state index contributed by atoms with van der Waals surface area (Å²) in [4.78, 5) is 14.8. The molecule has 1 amide bonds. The lowest BCUT2D eigenvalue weighted by Crippen LogP contribution is -2.41. The first-order valence-electron chi connectivity index (χ1n) is 11.0. The highest BCUT2D eigenvalue weighted by molar-refractivity contribution is 5.79.